The van der Waals surface area contributed by atoms with Gasteiger partial charge in [-0.1, -0.05) is 0 Å². The number of imidazole rings is 1. The van der Waals surface area contributed by atoms with Crippen LogP contribution in [0.25, 0.3) is 0 Å². The molecule has 0 fully saturated rings. The molecule has 1 rings (SSSR count). The summed E-state index contributed by atoms with van der Waals surface area (Å²) >= 11 is 0. The molecule has 5 nitrogen and oxygen atoms in total. The molecule has 1 heterocycles. The van der Waals surface area contributed by atoms with E-state index in [1.165, 1.54) is 0 Å². The largest absolute Gasteiger partial charge is 1.00 e. The van der Waals surface area contributed by atoms with Crippen molar-refractivity contribution >= 4 is 8.80 Å². The Morgan fingerprint density at radius 2 is 1.65 bits per heavy atom. The van der Waals surface area contributed by atoms with Gasteiger partial charge in [-0.25, -0.2) is 9.55 Å². The van der Waals surface area contributed by atoms with Crippen LogP contribution in [0.5, 0.6) is 0 Å². The molecule has 118 valence electrons. The summed E-state index contributed by atoms with van der Waals surface area (Å²) in [6.07, 6.45) is 5.00. The Balaban J connectivity index is 0.00000361. The zero-order valence-corrected chi connectivity index (χ0v) is 14.7. The molecule has 1 aromatic rings. The zero-order chi connectivity index (χ0) is 14.1. The van der Waals surface area contributed by atoms with E-state index in [1.54, 1.807) is 0 Å². The molecule has 0 bridgehead atoms. The predicted molar refractivity (Wildman–Crippen MR) is 75.8 cm³/mol. The van der Waals surface area contributed by atoms with E-state index in [1.807, 2.05) is 27.0 Å². The van der Waals surface area contributed by atoms with E-state index in [0.29, 0.717) is 19.8 Å². The molecule has 0 spiro atoms. The molecule has 1 aromatic heterocycles. The Morgan fingerprint density at radius 3 is 2.05 bits per heavy atom. The maximum absolute atomic E-state index is 5.84. The van der Waals surface area contributed by atoms with Gasteiger partial charge in [0.15, 0.2) is 0 Å². The van der Waals surface area contributed by atoms with Crippen LogP contribution in [0, 0.1) is 6.92 Å². The molecule has 0 amide bonds. The van der Waals surface area contributed by atoms with Gasteiger partial charge in [0, 0.05) is 32.8 Å². The Morgan fingerprint density at radius 1 is 1.10 bits per heavy atom. The second kappa shape index (κ2) is 10.3. The van der Waals surface area contributed by atoms with E-state index >= 15 is 0 Å². The van der Waals surface area contributed by atoms with Crippen molar-refractivity contribution < 1.29 is 30.3 Å². The van der Waals surface area contributed by atoms with E-state index in [-0.39, 0.29) is 12.4 Å². The molecule has 0 aliphatic heterocycles. The van der Waals surface area contributed by atoms with Crippen LogP contribution in [0.4, 0.5) is 0 Å². The van der Waals surface area contributed by atoms with Crippen LogP contribution < -0.4 is 17.0 Å². The first kappa shape index (κ1) is 19.6. The van der Waals surface area contributed by atoms with Crippen LogP contribution in [0.1, 0.15) is 33.0 Å². The minimum absolute atomic E-state index is 0. The molecule has 1 N–H and O–H groups in total. The highest BCUT2D eigenvalue weighted by atomic mass is 35.5. The Kier molecular flexibility index (Phi) is 10.1. The molecule has 0 saturated heterocycles. The first-order chi connectivity index (χ1) is 9.17. The van der Waals surface area contributed by atoms with E-state index in [2.05, 4.69) is 22.7 Å². The summed E-state index contributed by atoms with van der Waals surface area (Å²) in [4.78, 5) is 3.17. The normalized spacial score (nSPS) is 11.4. The Hall–Kier alpha value is -0.403. The predicted octanol–water partition coefficient (Wildman–Crippen LogP) is -0.947. The number of aryl methyl sites for hydroxylation is 2. The summed E-state index contributed by atoms with van der Waals surface area (Å²) in [5.41, 5.74) is 0. The number of halogens is 1. The fourth-order valence-corrected chi connectivity index (χ4v) is 4.75. The first-order valence-corrected chi connectivity index (χ1v) is 9.06. The summed E-state index contributed by atoms with van der Waals surface area (Å²) in [6.45, 7) is 10.9. The molecule has 0 unspecified atom stereocenters. The van der Waals surface area contributed by atoms with E-state index < -0.39 is 8.80 Å². The fraction of sp³-hybridized carbons (Fsp3) is 0.769. The Labute approximate surface area is 129 Å². The second-order valence-corrected chi connectivity index (χ2v) is 7.06. The van der Waals surface area contributed by atoms with Gasteiger partial charge in [0.05, 0.1) is 6.54 Å². The molecular weight excluding hydrogens is 296 g/mol. The number of nitrogens with zero attached hydrogens (tertiary/aromatic N) is 1. The minimum atomic E-state index is -2.47. The number of aromatic nitrogens is 2. The second-order valence-electron chi connectivity index (χ2n) is 4.32. The lowest BCUT2D eigenvalue weighted by atomic mass is 10.4. The van der Waals surface area contributed by atoms with E-state index in [0.717, 1.165) is 24.8 Å². The molecule has 0 aromatic carbocycles. The highest BCUT2D eigenvalue weighted by Crippen LogP contribution is 2.18. The van der Waals surface area contributed by atoms with Crippen LogP contribution in [0.2, 0.25) is 6.04 Å². The molecule has 0 atom stereocenters. The van der Waals surface area contributed by atoms with Crippen molar-refractivity contribution in [2.45, 2.75) is 46.7 Å². The van der Waals surface area contributed by atoms with Gasteiger partial charge in [0.25, 0.3) is 5.82 Å². The van der Waals surface area contributed by atoms with Crippen molar-refractivity contribution in [2.24, 2.45) is 0 Å². The van der Waals surface area contributed by atoms with Crippen LogP contribution in [-0.2, 0) is 19.8 Å². The number of aromatic amines is 1. The fourth-order valence-electron chi connectivity index (χ4n) is 2.15. The van der Waals surface area contributed by atoms with Gasteiger partial charge in [-0.05, 0) is 27.2 Å². The maximum atomic E-state index is 5.84. The minimum Gasteiger partial charge on any atom is -1.00 e. The zero-order valence-electron chi connectivity index (χ0n) is 12.9. The smallest absolute Gasteiger partial charge is 0.501 e. The molecule has 0 aliphatic carbocycles. The third-order valence-corrected chi connectivity index (χ3v) is 6.10. The monoisotopic (exact) mass is 322 g/mol. The lowest BCUT2D eigenvalue weighted by Crippen LogP contribution is -3.00. The van der Waals surface area contributed by atoms with Crippen molar-refractivity contribution in [1.29, 1.82) is 0 Å². The quantitative estimate of drug-likeness (QED) is 0.446. The van der Waals surface area contributed by atoms with Crippen LogP contribution in [-0.4, -0.2) is 33.6 Å². The first-order valence-electron chi connectivity index (χ1n) is 7.12. The number of rotatable bonds is 10. The molecule has 0 aliphatic rings. The summed E-state index contributed by atoms with van der Waals surface area (Å²) in [5.74, 6) is 1.16. The molecule has 0 saturated carbocycles. The van der Waals surface area contributed by atoms with Crippen LogP contribution in [0.3, 0.4) is 0 Å². The molecule has 20 heavy (non-hydrogen) atoms. The van der Waals surface area contributed by atoms with Crippen molar-refractivity contribution in [3.05, 3.63) is 18.2 Å². The highest BCUT2D eigenvalue weighted by Gasteiger charge is 2.39. The lowest BCUT2D eigenvalue weighted by molar-refractivity contribution is -0.701. The van der Waals surface area contributed by atoms with Gasteiger partial charge in [-0.3, -0.25) is 0 Å². The number of hydrogen-bond donors (Lipinski definition) is 1. The van der Waals surface area contributed by atoms with Crippen LogP contribution in [0.15, 0.2) is 12.4 Å². The van der Waals surface area contributed by atoms with E-state index in [9.17, 15) is 0 Å². The van der Waals surface area contributed by atoms with E-state index in [4.69, 9.17) is 13.3 Å². The average molecular weight is 323 g/mol. The van der Waals surface area contributed by atoms with Gasteiger partial charge in [-0.15, -0.1) is 0 Å². The number of hydrogen-bond acceptors (Lipinski definition) is 3. The van der Waals surface area contributed by atoms with Gasteiger partial charge < -0.3 is 25.7 Å². The van der Waals surface area contributed by atoms with Gasteiger partial charge in [-0.2, -0.15) is 0 Å². The van der Waals surface area contributed by atoms with Gasteiger partial charge >= 0.3 is 8.80 Å². The third-order valence-electron chi connectivity index (χ3n) is 2.95. The SMILES string of the molecule is CCO[Si](CCC[n+]1cc[nH]c1C)(OCC)OCC.[Cl-]. The maximum Gasteiger partial charge on any atom is 0.501 e. The van der Waals surface area contributed by atoms with Crippen molar-refractivity contribution in [3.8, 4) is 0 Å². The molecular formula is C13H27ClN2O3Si. The average Bonchev–Trinajstić information content (AvgIpc) is 2.76. The topological polar surface area (TPSA) is 47.4 Å². The Bertz CT molecular complexity index is 346. The summed E-state index contributed by atoms with van der Waals surface area (Å²) in [5, 5.41) is 0. The van der Waals surface area contributed by atoms with Crippen molar-refractivity contribution in [3.63, 3.8) is 0 Å². The van der Waals surface area contributed by atoms with Gasteiger partial charge in [0.1, 0.15) is 12.4 Å². The number of nitrogens with one attached hydrogen (secondary N) is 1. The summed E-state index contributed by atoms with van der Waals surface area (Å²) < 4.78 is 19.7. The third kappa shape index (κ3) is 5.93. The van der Waals surface area contributed by atoms with Crippen LogP contribution >= 0.6 is 0 Å². The molecule has 7 heteroatoms. The lowest BCUT2D eigenvalue weighted by Gasteiger charge is -2.28. The standard InChI is InChI=1S/C13H26N2O3Si.ClH/c1-5-16-19(17-6-2,18-7-3)12-8-10-15-11-9-14-13(15)4;/h9,11H,5-8,10,12H2,1-4H3;1H. The molecule has 0 radical (unpaired) electrons. The highest BCUT2D eigenvalue weighted by molar-refractivity contribution is 6.60. The van der Waals surface area contributed by atoms with Crippen molar-refractivity contribution in [1.82, 2.24) is 4.98 Å². The summed E-state index contributed by atoms with van der Waals surface area (Å²) in [7, 11) is -2.47. The number of H-pyrrole nitrogens is 1. The van der Waals surface area contributed by atoms with Gasteiger partial charge in [0.2, 0.25) is 0 Å². The van der Waals surface area contributed by atoms with Crippen molar-refractivity contribution in [2.75, 3.05) is 19.8 Å². The summed E-state index contributed by atoms with van der Waals surface area (Å²) in [6, 6.07) is 0.861.